The van der Waals surface area contributed by atoms with Gasteiger partial charge in [-0.25, -0.2) is 9.48 Å². The topological polar surface area (TPSA) is 84.3 Å². The number of hydrogen-bond acceptors (Lipinski definition) is 7. The van der Waals surface area contributed by atoms with Gasteiger partial charge in [0.2, 0.25) is 5.88 Å². The first-order chi connectivity index (χ1) is 13.7. The molecule has 9 nitrogen and oxygen atoms in total. The quantitative estimate of drug-likeness (QED) is 0.465. The summed E-state index contributed by atoms with van der Waals surface area (Å²) in [6, 6.07) is 0. The van der Waals surface area contributed by atoms with Gasteiger partial charge in [-0.3, -0.25) is 0 Å². The maximum Gasteiger partial charge on any atom is 0.502 e. The lowest BCUT2D eigenvalue weighted by Gasteiger charge is -2.32. The predicted octanol–water partition coefficient (Wildman–Crippen LogP) is 1.98. The normalized spacial score (nSPS) is 17.8. The monoisotopic (exact) mass is 425 g/mol. The highest BCUT2D eigenvalue weighted by Gasteiger charge is 2.53. The smallest absolute Gasteiger partial charge is 0.476 e. The van der Waals surface area contributed by atoms with Crippen molar-refractivity contribution >= 4 is 18.7 Å². The molecule has 30 heavy (non-hydrogen) atoms. The maximum absolute atomic E-state index is 11.9. The minimum atomic E-state index is -0.540. The Kier molecular flexibility index (Phi) is 7.47. The van der Waals surface area contributed by atoms with Gasteiger partial charge in [0, 0.05) is 20.6 Å². The van der Waals surface area contributed by atoms with E-state index in [1.165, 1.54) is 4.90 Å². The minimum absolute atomic E-state index is 0.336. The average molecular weight is 425 g/mol. The van der Waals surface area contributed by atoms with E-state index in [0.29, 0.717) is 32.2 Å². The molecule has 0 radical (unpaired) electrons. The molecule has 1 aliphatic rings. The van der Waals surface area contributed by atoms with Crippen molar-refractivity contribution in [3.63, 3.8) is 0 Å². The van der Waals surface area contributed by atoms with Gasteiger partial charge in [0.05, 0.1) is 36.1 Å². The number of aromatic nitrogens is 2. The number of rotatable bonds is 8. The van der Waals surface area contributed by atoms with E-state index in [-0.39, 0.29) is 6.09 Å². The summed E-state index contributed by atoms with van der Waals surface area (Å²) < 4.78 is 30.6. The molecule has 0 unspecified atom stereocenters. The van der Waals surface area contributed by atoms with E-state index < -0.39 is 23.9 Å². The second kappa shape index (κ2) is 9.15. The van der Waals surface area contributed by atoms with Crippen LogP contribution in [0.1, 0.15) is 48.5 Å². The summed E-state index contributed by atoms with van der Waals surface area (Å²) in [5.74, 6) is 0.586. The lowest BCUT2D eigenvalue weighted by Crippen LogP contribution is -2.41. The summed E-state index contributed by atoms with van der Waals surface area (Å²) >= 11 is 0. The van der Waals surface area contributed by atoms with Crippen LogP contribution >= 0.6 is 0 Å². The van der Waals surface area contributed by atoms with Gasteiger partial charge in [-0.05, 0) is 48.5 Å². The van der Waals surface area contributed by atoms with E-state index in [4.69, 9.17) is 23.5 Å². The molecule has 1 amide bonds. The molecule has 0 saturated carbocycles. The Hall–Kier alpha value is -1.78. The van der Waals surface area contributed by atoms with Gasteiger partial charge in [0.1, 0.15) is 12.2 Å². The van der Waals surface area contributed by atoms with Crippen molar-refractivity contribution in [3.05, 3.63) is 6.20 Å². The highest BCUT2D eigenvalue weighted by Crippen LogP contribution is 2.37. The molecule has 0 N–H and O–H groups in total. The van der Waals surface area contributed by atoms with Gasteiger partial charge in [0.25, 0.3) is 0 Å². The largest absolute Gasteiger partial charge is 0.502 e. The molecule has 1 saturated heterocycles. The molecule has 0 spiro atoms. The lowest BCUT2D eigenvalue weighted by atomic mass is 9.81. The number of aryl methyl sites for hydroxylation is 1. The van der Waals surface area contributed by atoms with Crippen LogP contribution in [-0.4, -0.2) is 78.1 Å². The minimum Gasteiger partial charge on any atom is -0.476 e. The zero-order valence-corrected chi connectivity index (χ0v) is 19.8. The summed E-state index contributed by atoms with van der Waals surface area (Å²) in [7, 11) is 2.95. The summed E-state index contributed by atoms with van der Waals surface area (Å²) in [4.78, 5) is 13.4. The van der Waals surface area contributed by atoms with Gasteiger partial charge in [-0.1, -0.05) is 0 Å². The molecule has 1 aliphatic heterocycles. The molecule has 1 aromatic rings. The molecular formula is C20H36BN3O6. The van der Waals surface area contributed by atoms with E-state index in [1.54, 1.807) is 25.0 Å². The van der Waals surface area contributed by atoms with Gasteiger partial charge in [-0.2, -0.15) is 5.10 Å². The van der Waals surface area contributed by atoms with Gasteiger partial charge in [-0.15, -0.1) is 0 Å². The van der Waals surface area contributed by atoms with Gasteiger partial charge >= 0.3 is 13.2 Å². The van der Waals surface area contributed by atoms with Crippen LogP contribution in [0.2, 0.25) is 0 Å². The predicted molar refractivity (Wildman–Crippen MR) is 114 cm³/mol. The molecule has 1 aromatic heterocycles. The Morgan fingerprint density at radius 1 is 1.17 bits per heavy atom. The van der Waals surface area contributed by atoms with Crippen LogP contribution in [0.25, 0.3) is 0 Å². The van der Waals surface area contributed by atoms with E-state index in [1.807, 2.05) is 48.5 Å². The molecule has 0 atom stereocenters. The zero-order chi connectivity index (χ0) is 22.7. The Labute approximate surface area is 180 Å². The number of nitrogens with zero attached hydrogens (tertiary/aromatic N) is 3. The standard InChI is InChI=1S/C20H36BN3O6/c1-18(2,3)28-17(25)23(8)10-11-26-12-13-27-16-15(14-22-24(16)9)21-29-19(4,5)20(6,7)30-21/h14H,10-13H2,1-9H3. The van der Waals surface area contributed by atoms with Crippen molar-refractivity contribution in [2.45, 2.75) is 65.3 Å². The fourth-order valence-electron chi connectivity index (χ4n) is 2.68. The number of carbonyl (C=O) groups excluding carboxylic acids is 1. The molecule has 0 bridgehead atoms. The molecule has 1 fully saturated rings. The number of ether oxygens (including phenoxy) is 3. The van der Waals surface area contributed by atoms with Crippen LogP contribution < -0.4 is 10.2 Å². The van der Waals surface area contributed by atoms with Gasteiger partial charge in [0.15, 0.2) is 0 Å². The van der Waals surface area contributed by atoms with Crippen LogP contribution in [0.5, 0.6) is 5.88 Å². The fourth-order valence-corrected chi connectivity index (χ4v) is 2.68. The number of hydrogen-bond donors (Lipinski definition) is 0. The van der Waals surface area contributed by atoms with Gasteiger partial charge < -0.3 is 28.4 Å². The molecule has 10 heteroatoms. The number of carbonyl (C=O) groups is 1. The molecular weight excluding hydrogens is 389 g/mol. The summed E-state index contributed by atoms with van der Waals surface area (Å²) in [6.45, 7) is 15.1. The number of amides is 1. The average Bonchev–Trinajstić information content (AvgIpc) is 3.05. The third-order valence-electron chi connectivity index (χ3n) is 5.16. The third kappa shape index (κ3) is 6.12. The Morgan fingerprint density at radius 3 is 2.33 bits per heavy atom. The maximum atomic E-state index is 11.9. The first-order valence-electron chi connectivity index (χ1n) is 10.3. The van der Waals surface area contributed by atoms with E-state index in [2.05, 4.69) is 5.10 Å². The zero-order valence-electron chi connectivity index (χ0n) is 19.8. The van der Waals surface area contributed by atoms with E-state index in [9.17, 15) is 4.79 Å². The highest BCUT2D eigenvalue weighted by atomic mass is 16.7. The summed E-state index contributed by atoms with van der Waals surface area (Å²) in [5, 5.41) is 4.28. The molecule has 0 aliphatic carbocycles. The second-order valence-electron chi connectivity index (χ2n) is 9.48. The fraction of sp³-hybridized carbons (Fsp3) is 0.800. The van der Waals surface area contributed by atoms with Crippen molar-refractivity contribution in [2.24, 2.45) is 7.05 Å². The molecule has 0 aromatic carbocycles. The first-order valence-corrected chi connectivity index (χ1v) is 10.3. The van der Waals surface area contributed by atoms with Crippen molar-refractivity contribution < 1.29 is 28.3 Å². The third-order valence-corrected chi connectivity index (χ3v) is 5.16. The van der Waals surface area contributed by atoms with Crippen LogP contribution in [0, 0.1) is 0 Å². The van der Waals surface area contributed by atoms with Crippen LogP contribution in [0.4, 0.5) is 4.79 Å². The first kappa shape index (κ1) is 24.5. The van der Waals surface area contributed by atoms with Crippen molar-refractivity contribution in [1.82, 2.24) is 14.7 Å². The van der Waals surface area contributed by atoms with Crippen LogP contribution in [0.15, 0.2) is 6.20 Å². The number of likely N-dealkylation sites (N-methyl/N-ethyl adjacent to an activating group) is 1. The Morgan fingerprint density at radius 2 is 1.77 bits per heavy atom. The second-order valence-corrected chi connectivity index (χ2v) is 9.48. The van der Waals surface area contributed by atoms with Crippen LogP contribution in [0.3, 0.4) is 0 Å². The molecule has 2 rings (SSSR count). The van der Waals surface area contributed by atoms with Crippen LogP contribution in [-0.2, 0) is 25.8 Å². The SMILES string of the molecule is CN(CCOCCOc1c(B2OC(C)(C)C(C)(C)O2)cnn1C)C(=O)OC(C)(C)C. The Bertz CT molecular complexity index is 713. The molecule has 170 valence electrons. The van der Waals surface area contributed by atoms with Crippen molar-refractivity contribution in [1.29, 1.82) is 0 Å². The highest BCUT2D eigenvalue weighted by molar-refractivity contribution is 6.63. The lowest BCUT2D eigenvalue weighted by molar-refractivity contribution is 0.00578. The summed E-state index contributed by atoms with van der Waals surface area (Å²) in [5.41, 5.74) is -0.638. The van der Waals surface area contributed by atoms with E-state index in [0.717, 1.165) is 5.46 Å². The van der Waals surface area contributed by atoms with E-state index >= 15 is 0 Å². The summed E-state index contributed by atoms with van der Waals surface area (Å²) in [6.07, 6.45) is 1.33. The van der Waals surface area contributed by atoms with Crippen molar-refractivity contribution in [3.8, 4) is 5.88 Å². The molecule has 2 heterocycles. The Balaban J connectivity index is 1.78. The van der Waals surface area contributed by atoms with Crippen molar-refractivity contribution in [2.75, 3.05) is 33.4 Å².